The average Bonchev–Trinajstić information content (AvgIpc) is 2.86. The molecule has 3 amide bonds. The minimum atomic E-state index is -4.74. The molecule has 2 aromatic rings. The first-order chi connectivity index (χ1) is 17.8. The highest BCUT2D eigenvalue weighted by Crippen LogP contribution is 2.41. The van der Waals surface area contributed by atoms with E-state index >= 15 is 0 Å². The van der Waals surface area contributed by atoms with Crippen molar-refractivity contribution in [2.75, 3.05) is 20.2 Å². The number of nitrogens with two attached hydrogens (primary N) is 1. The molecule has 2 aromatic carbocycles. The summed E-state index contributed by atoms with van der Waals surface area (Å²) >= 11 is 5.99. The van der Waals surface area contributed by atoms with Gasteiger partial charge in [-0.3, -0.25) is 14.4 Å². The van der Waals surface area contributed by atoms with Crippen LogP contribution >= 0.6 is 11.6 Å². The van der Waals surface area contributed by atoms with Gasteiger partial charge in [-0.2, -0.15) is 4.31 Å². The summed E-state index contributed by atoms with van der Waals surface area (Å²) in [5.41, 5.74) is 4.18. The number of fused-ring (bicyclic) bond motifs is 1. The number of nitrogens with zero attached hydrogens (tertiary/aromatic N) is 3. The predicted octanol–water partition coefficient (Wildman–Crippen LogP) is 1.45. The molecule has 2 heterocycles. The second-order valence-electron chi connectivity index (χ2n) is 9.25. The Balaban J connectivity index is 1.93. The third-order valence-corrected chi connectivity index (χ3v) is 8.87. The smallest absolute Gasteiger partial charge is 0.261 e. The maximum Gasteiger partial charge on any atom is 0.261 e. The third-order valence-electron chi connectivity index (χ3n) is 6.73. The lowest BCUT2D eigenvalue weighted by Gasteiger charge is -2.58. The second kappa shape index (κ2) is 10.2. The van der Waals surface area contributed by atoms with Gasteiger partial charge in [-0.05, 0) is 49.7 Å². The average molecular weight is 565 g/mol. The van der Waals surface area contributed by atoms with Crippen molar-refractivity contribution >= 4 is 39.3 Å². The Morgan fingerprint density at radius 1 is 1.24 bits per heavy atom. The van der Waals surface area contributed by atoms with Crippen LogP contribution in [0.3, 0.4) is 0 Å². The van der Waals surface area contributed by atoms with Crippen LogP contribution in [0.5, 0.6) is 5.75 Å². The van der Waals surface area contributed by atoms with E-state index in [4.69, 9.17) is 22.1 Å². The van der Waals surface area contributed by atoms with Gasteiger partial charge in [0, 0.05) is 24.0 Å². The Hall–Kier alpha value is -3.22. The van der Waals surface area contributed by atoms with Gasteiger partial charge in [-0.1, -0.05) is 23.7 Å². The van der Waals surface area contributed by atoms with Crippen LogP contribution in [0.2, 0.25) is 5.02 Å². The summed E-state index contributed by atoms with van der Waals surface area (Å²) in [5, 5.41) is 0.455. The van der Waals surface area contributed by atoms with Gasteiger partial charge >= 0.3 is 0 Å². The largest absolute Gasteiger partial charge is 0.495 e. The highest BCUT2D eigenvalue weighted by atomic mass is 35.5. The first-order valence-electron chi connectivity index (χ1n) is 11.6. The number of halogens is 2. The molecule has 202 valence electrons. The lowest BCUT2D eigenvalue weighted by atomic mass is 9.90. The molecule has 0 spiro atoms. The Kier molecular flexibility index (Phi) is 7.43. The molecule has 4 rings (SSSR count). The molecule has 2 aliphatic rings. The van der Waals surface area contributed by atoms with Crippen LogP contribution in [-0.4, -0.2) is 78.2 Å². The SMILES string of the molecule is COc1ccc(F)cc1S(=O)(=O)N1C[C]C(=O)N2C(Cc3ccc(Cl)cc3)C(=O)N(C(C)C)CC21C(N)=O. The van der Waals surface area contributed by atoms with Gasteiger partial charge < -0.3 is 20.3 Å². The Bertz CT molecular complexity index is 1390. The summed E-state index contributed by atoms with van der Waals surface area (Å²) in [5.74, 6) is -3.56. The molecular weight excluding hydrogens is 539 g/mol. The summed E-state index contributed by atoms with van der Waals surface area (Å²) in [6.07, 6.45) is 2.37. The molecule has 2 radical (unpaired) electrons. The number of methoxy groups -OCH3 is 1. The highest BCUT2D eigenvalue weighted by Gasteiger charge is 2.64. The predicted molar refractivity (Wildman–Crippen MR) is 135 cm³/mol. The number of carbonyl (C=O) groups is 3. The zero-order valence-corrected chi connectivity index (χ0v) is 22.4. The molecule has 13 heteroatoms. The lowest BCUT2D eigenvalue weighted by molar-refractivity contribution is -0.182. The van der Waals surface area contributed by atoms with Gasteiger partial charge in [-0.25, -0.2) is 12.8 Å². The van der Waals surface area contributed by atoms with Crippen molar-refractivity contribution in [3.8, 4) is 5.75 Å². The van der Waals surface area contributed by atoms with Crippen LogP contribution in [-0.2, 0) is 30.8 Å². The first kappa shape index (κ1) is 27.8. The number of piperazine rings is 1. The van der Waals surface area contributed by atoms with Crippen molar-refractivity contribution in [2.24, 2.45) is 5.73 Å². The van der Waals surface area contributed by atoms with Gasteiger partial charge in [0.15, 0.2) is 0 Å². The van der Waals surface area contributed by atoms with Crippen LogP contribution in [0.15, 0.2) is 47.4 Å². The van der Waals surface area contributed by atoms with Crippen LogP contribution in [0, 0.1) is 12.2 Å². The number of benzene rings is 2. The van der Waals surface area contributed by atoms with E-state index in [1.807, 2.05) is 0 Å². The van der Waals surface area contributed by atoms with Gasteiger partial charge in [-0.15, -0.1) is 0 Å². The highest BCUT2D eigenvalue weighted by molar-refractivity contribution is 7.89. The summed E-state index contributed by atoms with van der Waals surface area (Å²) in [7, 11) is -3.53. The van der Waals surface area contributed by atoms with E-state index < -0.39 is 69.3 Å². The quantitative estimate of drug-likeness (QED) is 0.542. The summed E-state index contributed by atoms with van der Waals surface area (Å²) < 4.78 is 48.1. The maximum atomic E-state index is 14.2. The van der Waals surface area contributed by atoms with Crippen molar-refractivity contribution in [1.29, 1.82) is 0 Å². The van der Waals surface area contributed by atoms with E-state index in [0.717, 1.165) is 23.1 Å². The number of ether oxygens (including phenoxy) is 1. The minimum absolute atomic E-state index is 0.0567. The molecule has 0 bridgehead atoms. The lowest BCUT2D eigenvalue weighted by Crippen LogP contribution is -2.83. The van der Waals surface area contributed by atoms with Gasteiger partial charge in [0.1, 0.15) is 22.5 Å². The molecule has 2 atom stereocenters. The molecule has 10 nitrogen and oxygen atoms in total. The van der Waals surface area contributed by atoms with Crippen LogP contribution < -0.4 is 10.5 Å². The van der Waals surface area contributed by atoms with E-state index in [1.165, 1.54) is 12.0 Å². The molecule has 0 saturated carbocycles. The van der Waals surface area contributed by atoms with Crippen molar-refractivity contribution < 1.29 is 31.9 Å². The number of sulfonamides is 1. The Labute approximate surface area is 225 Å². The van der Waals surface area contributed by atoms with Gasteiger partial charge in [0.05, 0.1) is 20.1 Å². The van der Waals surface area contributed by atoms with E-state index in [9.17, 15) is 27.2 Å². The van der Waals surface area contributed by atoms with Crippen molar-refractivity contribution in [1.82, 2.24) is 14.1 Å². The summed E-state index contributed by atoms with van der Waals surface area (Å²) in [6.45, 7) is 2.20. The van der Waals surface area contributed by atoms with Crippen molar-refractivity contribution in [2.45, 2.75) is 42.9 Å². The van der Waals surface area contributed by atoms with Crippen LogP contribution in [0.1, 0.15) is 19.4 Å². The molecule has 0 aromatic heterocycles. The molecule has 38 heavy (non-hydrogen) atoms. The molecule has 2 aliphatic heterocycles. The molecular formula is C25H26ClFN4O6S. The van der Waals surface area contributed by atoms with Gasteiger partial charge in [0.2, 0.25) is 27.5 Å². The molecule has 2 saturated heterocycles. The molecule has 2 N–H and O–H groups in total. The van der Waals surface area contributed by atoms with E-state index in [-0.39, 0.29) is 12.2 Å². The van der Waals surface area contributed by atoms with Crippen LogP contribution in [0.4, 0.5) is 4.39 Å². The van der Waals surface area contributed by atoms with Crippen molar-refractivity contribution in [3.63, 3.8) is 0 Å². The fraction of sp³-hybridized carbons (Fsp3) is 0.360. The Morgan fingerprint density at radius 2 is 1.89 bits per heavy atom. The summed E-state index contributed by atoms with van der Waals surface area (Å²) in [6, 6.07) is 7.65. The number of carbonyl (C=O) groups excluding carboxylic acids is 3. The minimum Gasteiger partial charge on any atom is -0.495 e. The topological polar surface area (TPSA) is 130 Å². The number of hydrogen-bond donors (Lipinski definition) is 1. The number of hydrogen-bond acceptors (Lipinski definition) is 6. The monoisotopic (exact) mass is 564 g/mol. The second-order valence-corrected chi connectivity index (χ2v) is 11.5. The number of amides is 3. The fourth-order valence-corrected chi connectivity index (χ4v) is 6.75. The zero-order chi connectivity index (χ0) is 28.0. The molecule has 0 aliphatic carbocycles. The number of primary amides is 1. The summed E-state index contributed by atoms with van der Waals surface area (Å²) in [4.78, 5) is 41.9. The fourth-order valence-electron chi connectivity index (χ4n) is 4.85. The Morgan fingerprint density at radius 3 is 2.47 bits per heavy atom. The molecule has 2 fully saturated rings. The molecule has 2 unspecified atom stereocenters. The van der Waals surface area contributed by atoms with Crippen molar-refractivity contribution in [3.05, 3.63) is 65.3 Å². The maximum absolute atomic E-state index is 14.2. The van der Waals surface area contributed by atoms with Gasteiger partial charge in [0.25, 0.3) is 5.91 Å². The van der Waals surface area contributed by atoms with E-state index in [0.29, 0.717) is 14.9 Å². The van der Waals surface area contributed by atoms with Crippen LogP contribution in [0.25, 0.3) is 0 Å². The zero-order valence-electron chi connectivity index (χ0n) is 20.9. The standard InChI is InChI=1S/C25H26ClFN4O6S/c1-15(2)29-14-25(24(28)34)30(38(35,36)21-13-18(27)8-9-20(21)37-3)11-10-22(32)31(25)19(23(29)33)12-16-4-6-17(26)7-5-16/h4-9,13,15,19H,11-12,14H2,1-3H3,(H2,28,34). The third kappa shape index (κ3) is 4.50. The number of rotatable bonds is 7. The first-order valence-corrected chi connectivity index (χ1v) is 13.4. The van der Waals surface area contributed by atoms with E-state index in [1.54, 1.807) is 38.1 Å². The normalized spacial score (nSPS) is 22.5. The van der Waals surface area contributed by atoms with E-state index in [2.05, 4.69) is 6.42 Å².